The average molecular weight is 299 g/mol. The molecular formula is C18H21NO3. The Morgan fingerprint density at radius 1 is 1.09 bits per heavy atom. The van der Waals surface area contributed by atoms with Gasteiger partial charge in [-0.25, -0.2) is 0 Å². The molecule has 0 heterocycles. The van der Waals surface area contributed by atoms with E-state index >= 15 is 0 Å². The van der Waals surface area contributed by atoms with Crippen LogP contribution in [0, 0.1) is 0 Å². The normalized spacial score (nSPS) is 10.3. The van der Waals surface area contributed by atoms with Crippen LogP contribution >= 0.6 is 0 Å². The molecule has 0 bridgehead atoms. The molecule has 0 fully saturated rings. The van der Waals surface area contributed by atoms with Gasteiger partial charge in [-0.15, -0.1) is 0 Å². The molecule has 0 atom stereocenters. The lowest BCUT2D eigenvalue weighted by Crippen LogP contribution is -2.25. The van der Waals surface area contributed by atoms with Gasteiger partial charge in [-0.1, -0.05) is 30.3 Å². The molecule has 2 aromatic rings. The van der Waals surface area contributed by atoms with E-state index in [0.717, 1.165) is 17.7 Å². The van der Waals surface area contributed by atoms with Crippen LogP contribution in [0.3, 0.4) is 0 Å². The Labute approximate surface area is 131 Å². The summed E-state index contributed by atoms with van der Waals surface area (Å²) in [5, 5.41) is 2.93. The molecule has 0 radical (unpaired) electrons. The SMILES string of the molecule is COCc1cc(C(=O)NCCc2ccccc2)ccc1OC. The lowest BCUT2D eigenvalue weighted by Gasteiger charge is -2.10. The van der Waals surface area contributed by atoms with E-state index in [-0.39, 0.29) is 5.91 Å². The summed E-state index contributed by atoms with van der Waals surface area (Å²) < 4.78 is 10.4. The first-order chi connectivity index (χ1) is 10.7. The molecule has 1 N–H and O–H groups in total. The Kier molecular flexibility index (Phi) is 5.98. The van der Waals surface area contributed by atoms with E-state index in [9.17, 15) is 4.79 Å². The highest BCUT2D eigenvalue weighted by Crippen LogP contribution is 2.20. The smallest absolute Gasteiger partial charge is 0.251 e. The number of carbonyl (C=O) groups excluding carboxylic acids is 1. The molecule has 4 nitrogen and oxygen atoms in total. The summed E-state index contributed by atoms with van der Waals surface area (Å²) in [6, 6.07) is 15.4. The Morgan fingerprint density at radius 2 is 1.86 bits per heavy atom. The topological polar surface area (TPSA) is 47.6 Å². The van der Waals surface area contributed by atoms with Crippen LogP contribution in [0.2, 0.25) is 0 Å². The van der Waals surface area contributed by atoms with Crippen LogP contribution in [0.15, 0.2) is 48.5 Å². The molecule has 0 saturated heterocycles. The molecule has 2 rings (SSSR count). The van der Waals surface area contributed by atoms with Gasteiger partial charge in [-0.2, -0.15) is 0 Å². The van der Waals surface area contributed by atoms with Gasteiger partial charge in [-0.3, -0.25) is 4.79 Å². The highest BCUT2D eigenvalue weighted by atomic mass is 16.5. The lowest BCUT2D eigenvalue weighted by molar-refractivity contribution is 0.0953. The average Bonchev–Trinajstić information content (AvgIpc) is 2.56. The van der Waals surface area contributed by atoms with Gasteiger partial charge in [0, 0.05) is 24.8 Å². The summed E-state index contributed by atoms with van der Waals surface area (Å²) in [4.78, 5) is 12.2. The van der Waals surface area contributed by atoms with Gasteiger partial charge in [-0.05, 0) is 30.2 Å². The number of rotatable bonds is 7. The van der Waals surface area contributed by atoms with Gasteiger partial charge >= 0.3 is 0 Å². The van der Waals surface area contributed by atoms with Gasteiger partial charge in [0.1, 0.15) is 5.75 Å². The summed E-state index contributed by atoms with van der Waals surface area (Å²) in [5.74, 6) is 0.638. The molecule has 0 aliphatic heterocycles. The number of ether oxygens (including phenoxy) is 2. The molecule has 1 amide bonds. The van der Waals surface area contributed by atoms with Crippen LogP contribution < -0.4 is 10.1 Å². The zero-order valence-electron chi connectivity index (χ0n) is 13.0. The minimum Gasteiger partial charge on any atom is -0.496 e. The second kappa shape index (κ2) is 8.20. The largest absolute Gasteiger partial charge is 0.496 e. The van der Waals surface area contributed by atoms with Gasteiger partial charge in [0.2, 0.25) is 0 Å². The first kappa shape index (κ1) is 16.0. The fourth-order valence-corrected chi connectivity index (χ4v) is 2.26. The second-order valence-electron chi connectivity index (χ2n) is 4.95. The molecule has 0 aromatic heterocycles. The summed E-state index contributed by atoms with van der Waals surface area (Å²) in [5.41, 5.74) is 2.68. The Hall–Kier alpha value is -2.33. The predicted molar refractivity (Wildman–Crippen MR) is 86.2 cm³/mol. The summed E-state index contributed by atoms with van der Waals surface area (Å²) in [6.07, 6.45) is 0.813. The van der Waals surface area contributed by atoms with Gasteiger partial charge in [0.05, 0.1) is 13.7 Å². The molecule has 0 saturated carbocycles. The number of amides is 1. The van der Waals surface area contributed by atoms with E-state index in [2.05, 4.69) is 17.4 Å². The number of methoxy groups -OCH3 is 2. The molecule has 0 unspecified atom stereocenters. The quantitative estimate of drug-likeness (QED) is 0.855. The monoisotopic (exact) mass is 299 g/mol. The predicted octanol–water partition coefficient (Wildman–Crippen LogP) is 2.81. The van der Waals surface area contributed by atoms with Crippen molar-refractivity contribution in [3.8, 4) is 5.75 Å². The van der Waals surface area contributed by atoms with E-state index < -0.39 is 0 Å². The van der Waals surface area contributed by atoms with Crippen LogP contribution in [0.25, 0.3) is 0 Å². The van der Waals surface area contributed by atoms with Crippen LogP contribution in [0.4, 0.5) is 0 Å². The molecule has 2 aromatic carbocycles. The van der Waals surface area contributed by atoms with Crippen LogP contribution in [0.1, 0.15) is 21.5 Å². The third kappa shape index (κ3) is 4.33. The first-order valence-corrected chi connectivity index (χ1v) is 7.22. The Balaban J connectivity index is 1.95. The van der Waals surface area contributed by atoms with E-state index in [4.69, 9.17) is 9.47 Å². The van der Waals surface area contributed by atoms with Crippen molar-refractivity contribution < 1.29 is 14.3 Å². The summed E-state index contributed by atoms with van der Waals surface area (Å²) in [6.45, 7) is 1.02. The van der Waals surface area contributed by atoms with Crippen LogP contribution in [-0.4, -0.2) is 26.7 Å². The maximum absolute atomic E-state index is 12.2. The van der Waals surface area contributed by atoms with Gasteiger partial charge < -0.3 is 14.8 Å². The maximum Gasteiger partial charge on any atom is 0.251 e. The number of benzene rings is 2. The van der Waals surface area contributed by atoms with Crippen molar-refractivity contribution in [2.45, 2.75) is 13.0 Å². The minimum atomic E-state index is -0.0871. The maximum atomic E-state index is 12.2. The van der Waals surface area contributed by atoms with E-state index in [1.807, 2.05) is 18.2 Å². The van der Waals surface area contributed by atoms with Crippen LogP contribution in [0.5, 0.6) is 5.75 Å². The van der Waals surface area contributed by atoms with Crippen molar-refractivity contribution in [2.24, 2.45) is 0 Å². The molecule has 116 valence electrons. The number of nitrogens with one attached hydrogen (secondary N) is 1. The van der Waals surface area contributed by atoms with Crippen molar-refractivity contribution >= 4 is 5.91 Å². The third-order valence-corrected chi connectivity index (χ3v) is 3.38. The van der Waals surface area contributed by atoms with Crippen molar-refractivity contribution in [1.29, 1.82) is 0 Å². The second-order valence-corrected chi connectivity index (χ2v) is 4.95. The van der Waals surface area contributed by atoms with Gasteiger partial charge in [0.25, 0.3) is 5.91 Å². The number of hydrogen-bond donors (Lipinski definition) is 1. The summed E-state index contributed by atoms with van der Waals surface area (Å²) in [7, 11) is 3.22. The number of hydrogen-bond acceptors (Lipinski definition) is 3. The summed E-state index contributed by atoms with van der Waals surface area (Å²) >= 11 is 0. The zero-order chi connectivity index (χ0) is 15.8. The third-order valence-electron chi connectivity index (χ3n) is 3.38. The molecule has 0 spiro atoms. The van der Waals surface area contributed by atoms with Crippen molar-refractivity contribution in [2.75, 3.05) is 20.8 Å². The molecule has 0 aliphatic rings. The fraction of sp³-hybridized carbons (Fsp3) is 0.278. The van der Waals surface area contributed by atoms with Crippen molar-refractivity contribution in [3.63, 3.8) is 0 Å². The Morgan fingerprint density at radius 3 is 2.55 bits per heavy atom. The molecule has 4 heteroatoms. The fourth-order valence-electron chi connectivity index (χ4n) is 2.26. The van der Waals surface area contributed by atoms with E-state index in [0.29, 0.717) is 18.7 Å². The molecule has 22 heavy (non-hydrogen) atoms. The highest BCUT2D eigenvalue weighted by molar-refractivity contribution is 5.94. The molecular weight excluding hydrogens is 278 g/mol. The van der Waals surface area contributed by atoms with Gasteiger partial charge in [0.15, 0.2) is 0 Å². The Bertz CT molecular complexity index is 611. The number of carbonyl (C=O) groups is 1. The molecule has 0 aliphatic carbocycles. The zero-order valence-corrected chi connectivity index (χ0v) is 13.0. The standard InChI is InChI=1S/C18H21NO3/c1-21-13-16-12-15(8-9-17(16)22-2)18(20)19-11-10-14-6-4-3-5-7-14/h3-9,12H,10-11,13H2,1-2H3,(H,19,20). The first-order valence-electron chi connectivity index (χ1n) is 7.22. The van der Waals surface area contributed by atoms with E-state index in [1.54, 1.807) is 32.4 Å². The highest BCUT2D eigenvalue weighted by Gasteiger charge is 2.09. The lowest BCUT2D eigenvalue weighted by atomic mass is 10.1. The minimum absolute atomic E-state index is 0.0871. The van der Waals surface area contributed by atoms with Crippen molar-refractivity contribution in [1.82, 2.24) is 5.32 Å². The van der Waals surface area contributed by atoms with Crippen molar-refractivity contribution in [3.05, 3.63) is 65.2 Å². The van der Waals surface area contributed by atoms with Crippen LogP contribution in [-0.2, 0) is 17.8 Å². The van der Waals surface area contributed by atoms with E-state index in [1.165, 1.54) is 5.56 Å².